The third-order valence-corrected chi connectivity index (χ3v) is 9.59. The lowest BCUT2D eigenvalue weighted by Crippen LogP contribution is -2.43. The summed E-state index contributed by atoms with van der Waals surface area (Å²) in [6.07, 6.45) is 4.05. The molecular formula is C36H34Cl3N7O6. The largest absolute Gasteiger partial charge is 0.481 e. The normalized spacial score (nSPS) is 14.4. The van der Waals surface area contributed by atoms with E-state index in [1.54, 1.807) is 69.6 Å². The highest BCUT2D eigenvalue weighted by Crippen LogP contribution is 2.42. The number of fused-ring (bicyclic) bond motifs is 1. The van der Waals surface area contributed by atoms with Crippen molar-refractivity contribution in [2.75, 3.05) is 13.7 Å². The number of benzene rings is 1. The van der Waals surface area contributed by atoms with Crippen LogP contribution in [-0.2, 0) is 23.1 Å². The lowest BCUT2D eigenvalue weighted by atomic mass is 10.00. The van der Waals surface area contributed by atoms with Gasteiger partial charge in [-0.1, -0.05) is 53.0 Å². The van der Waals surface area contributed by atoms with Gasteiger partial charge >= 0.3 is 6.09 Å². The van der Waals surface area contributed by atoms with Crippen molar-refractivity contribution in [2.24, 2.45) is 7.05 Å². The average molecular weight is 767 g/mol. The molecule has 52 heavy (non-hydrogen) atoms. The highest BCUT2D eigenvalue weighted by Gasteiger charge is 2.30. The number of halogens is 3. The van der Waals surface area contributed by atoms with Gasteiger partial charge in [-0.15, -0.1) is 5.10 Å². The predicted octanol–water partition coefficient (Wildman–Crippen LogP) is 6.62. The minimum absolute atomic E-state index is 0.00678. The maximum absolute atomic E-state index is 13.3. The molecule has 1 aliphatic heterocycles. The lowest BCUT2D eigenvalue weighted by Gasteiger charge is -2.29. The summed E-state index contributed by atoms with van der Waals surface area (Å²) in [6, 6.07) is 10.1. The van der Waals surface area contributed by atoms with Gasteiger partial charge in [0.1, 0.15) is 11.1 Å². The molecule has 0 unspecified atom stereocenters. The van der Waals surface area contributed by atoms with Crippen LogP contribution in [0.5, 0.6) is 5.88 Å². The number of rotatable bonds is 9. The Kier molecular flexibility index (Phi) is 10.3. The highest BCUT2D eigenvalue weighted by atomic mass is 35.5. The van der Waals surface area contributed by atoms with Crippen molar-refractivity contribution in [2.45, 2.75) is 51.8 Å². The number of aldehydes is 1. The van der Waals surface area contributed by atoms with Gasteiger partial charge in [0.25, 0.3) is 5.56 Å². The maximum atomic E-state index is 13.3. The van der Waals surface area contributed by atoms with Crippen LogP contribution in [-0.4, -0.2) is 72.6 Å². The quantitative estimate of drug-likeness (QED) is 0.163. The molecule has 1 aliphatic rings. The Labute approximate surface area is 313 Å². The van der Waals surface area contributed by atoms with Crippen LogP contribution in [0.3, 0.4) is 0 Å². The first-order valence-electron chi connectivity index (χ1n) is 16.2. The van der Waals surface area contributed by atoms with E-state index in [0.29, 0.717) is 63.4 Å². The number of methoxy groups -OCH3 is 1. The fourth-order valence-electron chi connectivity index (χ4n) is 5.94. The molecule has 0 radical (unpaired) electrons. The van der Waals surface area contributed by atoms with Gasteiger partial charge in [0.05, 0.1) is 45.7 Å². The number of nitrogens with zero attached hydrogens (tertiary/aromatic N) is 6. The molecule has 1 fully saturated rings. The van der Waals surface area contributed by atoms with Crippen molar-refractivity contribution in [1.29, 1.82) is 0 Å². The topological polar surface area (TPSA) is 150 Å². The Morgan fingerprint density at radius 1 is 1.10 bits per heavy atom. The van der Waals surface area contributed by atoms with Gasteiger partial charge in [-0.25, -0.2) is 14.3 Å². The van der Waals surface area contributed by atoms with Crippen LogP contribution in [0, 0.1) is 0 Å². The number of nitrogens with one attached hydrogen (secondary N) is 1. The van der Waals surface area contributed by atoms with E-state index in [4.69, 9.17) is 49.3 Å². The molecule has 270 valence electrons. The third kappa shape index (κ3) is 7.34. The number of amides is 2. The van der Waals surface area contributed by atoms with Gasteiger partial charge in [-0.05, 0) is 45.4 Å². The molecule has 1 aromatic carbocycles. The molecular weight excluding hydrogens is 733 g/mol. The molecule has 1 atom stereocenters. The Balaban J connectivity index is 1.35. The molecule has 1 saturated heterocycles. The van der Waals surface area contributed by atoms with Crippen LogP contribution in [0.1, 0.15) is 49.8 Å². The van der Waals surface area contributed by atoms with Gasteiger partial charge in [0.15, 0.2) is 12.1 Å². The van der Waals surface area contributed by atoms with Crippen LogP contribution in [0.2, 0.25) is 15.1 Å². The second-order valence-electron chi connectivity index (χ2n) is 13.2. The summed E-state index contributed by atoms with van der Waals surface area (Å²) in [5.74, 6) is 0.0700. The van der Waals surface area contributed by atoms with E-state index in [1.165, 1.54) is 28.1 Å². The van der Waals surface area contributed by atoms with Crippen LogP contribution < -0.4 is 15.6 Å². The molecule has 6 rings (SSSR count). The molecule has 0 saturated carbocycles. The minimum atomic E-state index is -0.752. The standard InChI is InChI=1S/C36H34Cl3N7O6/c1-36(2,3)52-35(50)45(16-20-9-10-29(48)41-20)17-24-25(37)14-26(42-33(24)51-5)23-8-6-7-21(30(23)38)22-11-12-40-32(31(22)39)19-13-27-34(49)44(4)28(18-47)43-46(27)15-19/h6-8,11-15,18,20H,9-10,16-17H2,1-5H3,(H,41,48)/t20-/m0/s1. The first-order chi connectivity index (χ1) is 24.7. The molecule has 5 aromatic rings. The van der Waals surface area contributed by atoms with Crippen molar-refractivity contribution in [3.63, 3.8) is 0 Å². The van der Waals surface area contributed by atoms with Crippen molar-refractivity contribution in [3.05, 3.63) is 85.6 Å². The Bertz CT molecular complexity index is 2300. The van der Waals surface area contributed by atoms with E-state index in [0.717, 1.165) is 0 Å². The summed E-state index contributed by atoms with van der Waals surface area (Å²) in [6.45, 7) is 5.54. The van der Waals surface area contributed by atoms with Crippen molar-refractivity contribution >= 4 is 58.6 Å². The van der Waals surface area contributed by atoms with Gasteiger partial charge < -0.3 is 19.7 Å². The SMILES string of the molecule is COc1nc(-c2cccc(-c3ccnc(-c4cc5c(=O)n(C)c(C=O)nn5c4)c3Cl)c2Cl)cc(Cl)c1CN(C[C@@H]1CCC(=O)N1)C(=O)OC(C)(C)C. The molecule has 13 nitrogen and oxygen atoms in total. The second-order valence-corrected chi connectivity index (χ2v) is 14.4. The van der Waals surface area contributed by atoms with E-state index in [2.05, 4.69) is 15.4 Å². The Morgan fingerprint density at radius 3 is 2.50 bits per heavy atom. The number of pyridine rings is 2. The van der Waals surface area contributed by atoms with E-state index >= 15 is 0 Å². The van der Waals surface area contributed by atoms with Crippen molar-refractivity contribution in [1.82, 2.24) is 34.4 Å². The first kappa shape index (κ1) is 36.8. The Morgan fingerprint density at radius 2 is 1.83 bits per heavy atom. The number of hydrogen-bond donors (Lipinski definition) is 1. The zero-order valence-corrected chi connectivity index (χ0v) is 31.1. The summed E-state index contributed by atoms with van der Waals surface area (Å²) in [4.78, 5) is 60.2. The summed E-state index contributed by atoms with van der Waals surface area (Å²) >= 11 is 20.9. The van der Waals surface area contributed by atoms with Gasteiger partial charge in [-0.2, -0.15) is 0 Å². The molecule has 5 heterocycles. The molecule has 0 spiro atoms. The van der Waals surface area contributed by atoms with E-state index in [1.807, 2.05) is 0 Å². The van der Waals surface area contributed by atoms with Crippen LogP contribution in [0.25, 0.3) is 39.2 Å². The molecule has 2 amide bonds. The van der Waals surface area contributed by atoms with Gasteiger partial charge in [0, 0.05) is 60.7 Å². The number of carbonyl (C=O) groups is 3. The fraction of sp³-hybridized carbons (Fsp3) is 0.306. The first-order valence-corrected chi connectivity index (χ1v) is 17.3. The smallest absolute Gasteiger partial charge is 0.410 e. The van der Waals surface area contributed by atoms with E-state index in [9.17, 15) is 19.2 Å². The fourth-order valence-corrected chi connectivity index (χ4v) is 6.83. The summed E-state index contributed by atoms with van der Waals surface area (Å²) in [5.41, 5.74) is 2.48. The molecule has 16 heteroatoms. The van der Waals surface area contributed by atoms with E-state index < -0.39 is 17.3 Å². The summed E-state index contributed by atoms with van der Waals surface area (Å²) in [5, 5.41) is 7.97. The molecule has 0 bridgehead atoms. The average Bonchev–Trinajstić information content (AvgIpc) is 3.72. The summed E-state index contributed by atoms with van der Waals surface area (Å²) in [7, 11) is 2.92. The number of hydrogen-bond acceptors (Lipinski definition) is 9. The van der Waals surface area contributed by atoms with Crippen molar-refractivity contribution in [3.8, 4) is 39.5 Å². The highest BCUT2D eigenvalue weighted by molar-refractivity contribution is 6.39. The minimum Gasteiger partial charge on any atom is -0.481 e. The van der Waals surface area contributed by atoms with Crippen molar-refractivity contribution < 1.29 is 23.9 Å². The number of ether oxygens (including phenoxy) is 2. The number of carbonyl (C=O) groups excluding carboxylic acids is 3. The molecule has 4 aromatic heterocycles. The number of aromatic nitrogens is 5. The molecule has 1 N–H and O–H groups in total. The third-order valence-electron chi connectivity index (χ3n) is 8.46. The van der Waals surface area contributed by atoms with Gasteiger partial charge in [0.2, 0.25) is 11.8 Å². The molecule has 0 aliphatic carbocycles. The van der Waals surface area contributed by atoms with E-state index in [-0.39, 0.29) is 52.3 Å². The van der Waals surface area contributed by atoms with Gasteiger partial charge in [-0.3, -0.25) is 23.9 Å². The zero-order chi connectivity index (χ0) is 37.5. The summed E-state index contributed by atoms with van der Waals surface area (Å²) < 4.78 is 13.8. The zero-order valence-electron chi connectivity index (χ0n) is 28.9. The van der Waals surface area contributed by atoms with Crippen LogP contribution in [0.4, 0.5) is 4.79 Å². The predicted molar refractivity (Wildman–Crippen MR) is 197 cm³/mol. The maximum Gasteiger partial charge on any atom is 0.410 e. The van der Waals surface area contributed by atoms with Crippen LogP contribution >= 0.6 is 34.8 Å². The Hall–Kier alpha value is -4.98. The van der Waals surface area contributed by atoms with Crippen LogP contribution in [0.15, 0.2) is 53.6 Å². The second kappa shape index (κ2) is 14.6. The monoisotopic (exact) mass is 765 g/mol. The lowest BCUT2D eigenvalue weighted by molar-refractivity contribution is -0.119.